The zero-order valence-corrected chi connectivity index (χ0v) is 17.3. The second-order valence-electron chi connectivity index (χ2n) is 5.73. The molecule has 1 aromatic carbocycles. The van der Waals surface area contributed by atoms with Gasteiger partial charge in [0.15, 0.2) is 6.79 Å². The van der Waals surface area contributed by atoms with E-state index in [0.717, 1.165) is 11.3 Å². The van der Waals surface area contributed by atoms with Gasteiger partial charge in [-0.25, -0.2) is 9.97 Å². The average Bonchev–Trinajstić information content (AvgIpc) is 2.77. The molecular formula is C21H27N5O4. The lowest BCUT2D eigenvalue weighted by molar-refractivity contribution is 0.0986. The highest BCUT2D eigenvalue weighted by Gasteiger charge is 2.06. The summed E-state index contributed by atoms with van der Waals surface area (Å²) < 4.78 is 10.3. The number of aliphatic hydroxyl groups is 2. The van der Waals surface area contributed by atoms with E-state index in [0.29, 0.717) is 29.1 Å². The first-order chi connectivity index (χ1) is 14.7. The molecule has 0 aliphatic rings. The van der Waals surface area contributed by atoms with Gasteiger partial charge in [-0.1, -0.05) is 19.9 Å². The molecule has 9 nitrogen and oxygen atoms in total. The molecule has 30 heavy (non-hydrogen) atoms. The molecule has 160 valence electrons. The second-order valence-corrected chi connectivity index (χ2v) is 5.73. The molecule has 2 heterocycles. The fourth-order valence-electron chi connectivity index (χ4n) is 2.32. The standard InChI is InChI=1S/C19H21N5O4.C2H6/c1-13-10-21-19(23-15-5-6-17(20-11-15)27-8-7-25)24-18(13)22-14-3-2-4-16(9-14)28-12-26;1-2/h2-6,9-11,25-26H,7-8,12H2,1H3,(H2,21,22,23,24);1-2H3. The van der Waals surface area contributed by atoms with Gasteiger partial charge in [-0.05, 0) is 25.1 Å². The number of hydrogen-bond acceptors (Lipinski definition) is 9. The van der Waals surface area contributed by atoms with E-state index in [9.17, 15) is 0 Å². The van der Waals surface area contributed by atoms with Gasteiger partial charge in [-0.15, -0.1) is 0 Å². The fourth-order valence-corrected chi connectivity index (χ4v) is 2.32. The third-order valence-corrected chi connectivity index (χ3v) is 3.63. The van der Waals surface area contributed by atoms with Crippen LogP contribution in [0, 0.1) is 6.92 Å². The maximum Gasteiger partial charge on any atom is 0.229 e. The lowest BCUT2D eigenvalue weighted by atomic mass is 10.3. The molecule has 3 rings (SSSR count). The number of aliphatic hydroxyl groups excluding tert-OH is 2. The molecule has 0 aliphatic carbocycles. The van der Waals surface area contributed by atoms with Crippen molar-refractivity contribution < 1.29 is 19.7 Å². The van der Waals surface area contributed by atoms with Crippen LogP contribution in [-0.4, -0.2) is 45.2 Å². The van der Waals surface area contributed by atoms with E-state index in [2.05, 4.69) is 25.6 Å². The molecule has 0 fully saturated rings. The Kier molecular flexibility index (Phi) is 9.29. The Balaban J connectivity index is 0.00000155. The molecule has 0 radical (unpaired) electrons. The number of aromatic nitrogens is 3. The molecule has 4 N–H and O–H groups in total. The number of nitrogens with one attached hydrogen (secondary N) is 2. The van der Waals surface area contributed by atoms with Crippen molar-refractivity contribution in [1.82, 2.24) is 15.0 Å². The SMILES string of the molecule is CC.Cc1cnc(Nc2ccc(OCCO)nc2)nc1Nc1cccc(OCO)c1. The van der Waals surface area contributed by atoms with Crippen LogP contribution in [-0.2, 0) is 0 Å². The van der Waals surface area contributed by atoms with E-state index in [1.165, 1.54) is 0 Å². The topological polar surface area (TPSA) is 122 Å². The van der Waals surface area contributed by atoms with Gasteiger partial charge in [-0.2, -0.15) is 4.98 Å². The molecule has 0 spiro atoms. The van der Waals surface area contributed by atoms with Crippen LogP contribution in [0.2, 0.25) is 0 Å². The molecule has 0 bridgehead atoms. The van der Waals surface area contributed by atoms with Crippen molar-refractivity contribution in [3.05, 3.63) is 54.4 Å². The predicted octanol–water partition coefficient (Wildman–Crippen LogP) is 3.39. The fraction of sp³-hybridized carbons (Fsp3) is 0.286. The highest BCUT2D eigenvalue weighted by atomic mass is 16.6. The zero-order valence-electron chi connectivity index (χ0n) is 17.3. The summed E-state index contributed by atoms with van der Waals surface area (Å²) in [6, 6.07) is 10.7. The van der Waals surface area contributed by atoms with Crippen LogP contribution in [0.15, 0.2) is 48.8 Å². The minimum Gasteiger partial charge on any atom is -0.475 e. The van der Waals surface area contributed by atoms with Gasteiger partial charge in [0, 0.05) is 29.6 Å². The lowest BCUT2D eigenvalue weighted by Gasteiger charge is -2.12. The maximum absolute atomic E-state index is 8.89. The maximum atomic E-state index is 8.89. The van der Waals surface area contributed by atoms with E-state index < -0.39 is 0 Å². The Hall–Kier alpha value is -3.43. The lowest BCUT2D eigenvalue weighted by Crippen LogP contribution is -2.04. The highest BCUT2D eigenvalue weighted by molar-refractivity contribution is 5.63. The van der Waals surface area contributed by atoms with Crippen LogP contribution in [0.3, 0.4) is 0 Å². The average molecular weight is 413 g/mol. The molecule has 0 unspecified atom stereocenters. The summed E-state index contributed by atoms with van der Waals surface area (Å²) in [6.45, 7) is 5.64. The predicted molar refractivity (Wildman–Crippen MR) is 116 cm³/mol. The molecular weight excluding hydrogens is 386 g/mol. The molecule has 0 aliphatic heterocycles. The van der Waals surface area contributed by atoms with Crippen molar-refractivity contribution in [2.24, 2.45) is 0 Å². The van der Waals surface area contributed by atoms with Crippen LogP contribution < -0.4 is 20.1 Å². The first-order valence-corrected chi connectivity index (χ1v) is 9.59. The van der Waals surface area contributed by atoms with Crippen LogP contribution in [0.4, 0.5) is 23.1 Å². The third kappa shape index (κ3) is 6.87. The normalized spacial score (nSPS) is 9.90. The summed E-state index contributed by atoms with van der Waals surface area (Å²) in [6.07, 6.45) is 3.30. The van der Waals surface area contributed by atoms with Crippen LogP contribution in [0.25, 0.3) is 0 Å². The van der Waals surface area contributed by atoms with E-state index in [1.807, 2.05) is 32.9 Å². The Morgan fingerprint density at radius 2 is 1.77 bits per heavy atom. The summed E-state index contributed by atoms with van der Waals surface area (Å²) in [5, 5.41) is 24.0. The molecule has 9 heteroatoms. The molecule has 2 aromatic heterocycles. The van der Waals surface area contributed by atoms with E-state index in [4.69, 9.17) is 19.7 Å². The Morgan fingerprint density at radius 1 is 0.933 bits per heavy atom. The monoisotopic (exact) mass is 413 g/mol. The van der Waals surface area contributed by atoms with Crippen LogP contribution >= 0.6 is 0 Å². The second kappa shape index (κ2) is 12.2. The smallest absolute Gasteiger partial charge is 0.229 e. The quantitative estimate of drug-likeness (QED) is 0.391. The summed E-state index contributed by atoms with van der Waals surface area (Å²) >= 11 is 0. The van der Waals surface area contributed by atoms with Gasteiger partial charge < -0.3 is 30.3 Å². The van der Waals surface area contributed by atoms with E-state index in [-0.39, 0.29) is 20.0 Å². The molecule has 0 atom stereocenters. The molecule has 0 saturated heterocycles. The first kappa shape index (κ1) is 22.9. The number of anilines is 4. The van der Waals surface area contributed by atoms with Crippen molar-refractivity contribution in [1.29, 1.82) is 0 Å². The largest absolute Gasteiger partial charge is 0.475 e. The van der Waals surface area contributed by atoms with E-state index in [1.54, 1.807) is 36.7 Å². The summed E-state index contributed by atoms with van der Waals surface area (Å²) in [7, 11) is 0. The number of rotatable bonds is 9. The number of ether oxygens (including phenoxy) is 2. The van der Waals surface area contributed by atoms with Gasteiger partial charge >= 0.3 is 0 Å². The van der Waals surface area contributed by atoms with E-state index >= 15 is 0 Å². The van der Waals surface area contributed by atoms with Crippen LogP contribution in [0.1, 0.15) is 19.4 Å². The van der Waals surface area contributed by atoms with Crippen molar-refractivity contribution in [2.75, 3.05) is 30.6 Å². The van der Waals surface area contributed by atoms with Crippen molar-refractivity contribution in [3.63, 3.8) is 0 Å². The highest BCUT2D eigenvalue weighted by Crippen LogP contribution is 2.24. The van der Waals surface area contributed by atoms with Crippen molar-refractivity contribution >= 4 is 23.1 Å². The third-order valence-electron chi connectivity index (χ3n) is 3.63. The Morgan fingerprint density at radius 3 is 2.47 bits per heavy atom. The van der Waals surface area contributed by atoms with Gasteiger partial charge in [0.1, 0.15) is 18.2 Å². The number of nitrogens with zero attached hydrogens (tertiary/aromatic N) is 3. The number of hydrogen-bond donors (Lipinski definition) is 4. The zero-order chi connectivity index (χ0) is 21.8. The Labute approximate surface area is 175 Å². The molecule has 0 saturated carbocycles. The van der Waals surface area contributed by atoms with Crippen molar-refractivity contribution in [3.8, 4) is 11.6 Å². The first-order valence-electron chi connectivity index (χ1n) is 9.59. The number of pyridine rings is 1. The summed E-state index contributed by atoms with van der Waals surface area (Å²) in [5.74, 6) is 2.01. The minimum atomic E-state index is -0.387. The summed E-state index contributed by atoms with van der Waals surface area (Å²) in [5.41, 5.74) is 2.33. The van der Waals surface area contributed by atoms with Gasteiger partial charge in [0.25, 0.3) is 0 Å². The van der Waals surface area contributed by atoms with Gasteiger partial charge in [0.2, 0.25) is 11.8 Å². The van der Waals surface area contributed by atoms with Crippen LogP contribution in [0.5, 0.6) is 11.6 Å². The van der Waals surface area contributed by atoms with Gasteiger partial charge in [-0.3, -0.25) is 0 Å². The molecule has 0 amide bonds. The summed E-state index contributed by atoms with van der Waals surface area (Å²) in [4.78, 5) is 12.9. The van der Waals surface area contributed by atoms with Crippen molar-refractivity contribution in [2.45, 2.75) is 20.8 Å². The van der Waals surface area contributed by atoms with Gasteiger partial charge in [0.05, 0.1) is 18.5 Å². The molecule has 3 aromatic rings. The minimum absolute atomic E-state index is 0.0658. The Bertz CT molecular complexity index is 906. The number of aryl methyl sites for hydroxylation is 1. The number of benzene rings is 1.